The molecular formula is C14H12BrFN2O. The van der Waals surface area contributed by atoms with Gasteiger partial charge in [-0.2, -0.15) is 0 Å². The molecule has 1 amide bonds. The van der Waals surface area contributed by atoms with Crippen LogP contribution in [0, 0.1) is 12.7 Å². The predicted octanol–water partition coefficient (Wildman–Crippen LogP) is 3.73. The van der Waals surface area contributed by atoms with Crippen LogP contribution in [0.4, 0.5) is 15.8 Å². The van der Waals surface area contributed by atoms with E-state index in [2.05, 4.69) is 21.2 Å². The smallest absolute Gasteiger partial charge is 0.257 e. The second kappa shape index (κ2) is 5.40. The summed E-state index contributed by atoms with van der Waals surface area (Å²) in [6.45, 7) is 1.91. The van der Waals surface area contributed by atoms with E-state index in [0.29, 0.717) is 5.69 Å². The fourth-order valence-corrected chi connectivity index (χ4v) is 2.34. The molecule has 0 heterocycles. The molecule has 0 radical (unpaired) electrons. The fraction of sp³-hybridized carbons (Fsp3) is 0.0714. The molecule has 98 valence electrons. The van der Waals surface area contributed by atoms with Crippen molar-refractivity contribution in [2.75, 3.05) is 11.1 Å². The van der Waals surface area contributed by atoms with Crippen molar-refractivity contribution in [3.05, 3.63) is 57.8 Å². The first-order valence-corrected chi connectivity index (χ1v) is 6.38. The average molecular weight is 323 g/mol. The second-order valence-electron chi connectivity index (χ2n) is 4.20. The van der Waals surface area contributed by atoms with Gasteiger partial charge in [-0.1, -0.05) is 15.9 Å². The number of anilines is 2. The molecule has 5 heteroatoms. The van der Waals surface area contributed by atoms with Crippen LogP contribution in [-0.2, 0) is 0 Å². The molecule has 0 aliphatic heterocycles. The summed E-state index contributed by atoms with van der Waals surface area (Å²) in [5, 5.41) is 2.69. The maximum atomic E-state index is 13.1. The molecule has 3 N–H and O–H groups in total. The molecule has 0 bridgehead atoms. The maximum Gasteiger partial charge on any atom is 0.257 e. The number of carbonyl (C=O) groups excluding carboxylic acids is 1. The SMILES string of the molecule is Cc1cc(Br)cc(NC(=O)c2cc(F)ccc2N)c1. The second-order valence-corrected chi connectivity index (χ2v) is 5.12. The highest BCUT2D eigenvalue weighted by atomic mass is 79.9. The van der Waals surface area contributed by atoms with Gasteiger partial charge < -0.3 is 11.1 Å². The third-order valence-electron chi connectivity index (χ3n) is 2.56. The summed E-state index contributed by atoms with van der Waals surface area (Å²) in [6, 6.07) is 9.21. The molecule has 0 fully saturated rings. The number of hydrogen-bond acceptors (Lipinski definition) is 2. The van der Waals surface area contributed by atoms with Crippen molar-refractivity contribution in [1.82, 2.24) is 0 Å². The monoisotopic (exact) mass is 322 g/mol. The Bertz CT molecular complexity index is 623. The van der Waals surface area contributed by atoms with Gasteiger partial charge in [0.1, 0.15) is 5.82 Å². The molecule has 0 atom stereocenters. The van der Waals surface area contributed by atoms with Gasteiger partial charge in [0, 0.05) is 15.8 Å². The Morgan fingerprint density at radius 1 is 1.26 bits per heavy atom. The minimum atomic E-state index is -0.496. The lowest BCUT2D eigenvalue weighted by molar-refractivity contribution is 0.102. The van der Waals surface area contributed by atoms with E-state index in [4.69, 9.17) is 5.73 Å². The minimum Gasteiger partial charge on any atom is -0.398 e. The van der Waals surface area contributed by atoms with Crippen LogP contribution < -0.4 is 11.1 Å². The van der Waals surface area contributed by atoms with Crippen molar-refractivity contribution in [2.24, 2.45) is 0 Å². The molecule has 0 aliphatic rings. The van der Waals surface area contributed by atoms with E-state index in [1.54, 1.807) is 6.07 Å². The Morgan fingerprint density at radius 3 is 2.68 bits per heavy atom. The van der Waals surface area contributed by atoms with E-state index in [0.717, 1.165) is 16.1 Å². The summed E-state index contributed by atoms with van der Waals surface area (Å²) < 4.78 is 14.0. The minimum absolute atomic E-state index is 0.123. The summed E-state index contributed by atoms with van der Waals surface area (Å²) in [5.74, 6) is -0.931. The Labute approximate surface area is 118 Å². The quantitative estimate of drug-likeness (QED) is 0.828. The molecule has 0 aliphatic carbocycles. The number of rotatable bonds is 2. The lowest BCUT2D eigenvalue weighted by Gasteiger charge is -2.09. The number of hydrogen-bond donors (Lipinski definition) is 2. The van der Waals surface area contributed by atoms with E-state index in [-0.39, 0.29) is 11.3 Å². The van der Waals surface area contributed by atoms with Crippen LogP contribution in [0.2, 0.25) is 0 Å². The van der Waals surface area contributed by atoms with Crippen molar-refractivity contribution in [1.29, 1.82) is 0 Å². The summed E-state index contributed by atoms with van der Waals surface area (Å²) in [4.78, 5) is 12.0. The molecule has 19 heavy (non-hydrogen) atoms. The zero-order chi connectivity index (χ0) is 14.0. The van der Waals surface area contributed by atoms with Gasteiger partial charge in [0.25, 0.3) is 5.91 Å². The van der Waals surface area contributed by atoms with Crippen molar-refractivity contribution < 1.29 is 9.18 Å². The molecular weight excluding hydrogens is 311 g/mol. The summed E-state index contributed by atoms with van der Waals surface area (Å²) in [5.41, 5.74) is 7.65. The molecule has 2 aromatic rings. The van der Waals surface area contributed by atoms with Gasteiger partial charge in [0.05, 0.1) is 5.56 Å². The fourth-order valence-electron chi connectivity index (χ4n) is 1.73. The maximum absolute atomic E-state index is 13.1. The third kappa shape index (κ3) is 3.32. The zero-order valence-corrected chi connectivity index (χ0v) is 11.8. The standard InChI is InChI=1S/C14H12BrFN2O/c1-8-4-9(15)6-11(5-8)18-14(19)12-7-10(16)2-3-13(12)17/h2-7H,17H2,1H3,(H,18,19). The van der Waals surface area contributed by atoms with Gasteiger partial charge in [-0.05, 0) is 48.9 Å². The van der Waals surface area contributed by atoms with Gasteiger partial charge in [0.15, 0.2) is 0 Å². The van der Waals surface area contributed by atoms with Gasteiger partial charge in [-0.25, -0.2) is 4.39 Å². The predicted molar refractivity (Wildman–Crippen MR) is 77.6 cm³/mol. The summed E-state index contributed by atoms with van der Waals surface area (Å²) in [7, 11) is 0. The van der Waals surface area contributed by atoms with Gasteiger partial charge in [-0.3, -0.25) is 4.79 Å². The molecule has 0 spiro atoms. The Morgan fingerprint density at radius 2 is 2.00 bits per heavy atom. The molecule has 2 rings (SSSR count). The van der Waals surface area contributed by atoms with Gasteiger partial charge >= 0.3 is 0 Å². The number of nitrogens with two attached hydrogens (primary N) is 1. The van der Waals surface area contributed by atoms with E-state index in [1.807, 2.05) is 19.1 Å². The van der Waals surface area contributed by atoms with Crippen molar-refractivity contribution >= 4 is 33.2 Å². The van der Waals surface area contributed by atoms with Crippen LogP contribution in [-0.4, -0.2) is 5.91 Å². The Kier molecular flexibility index (Phi) is 3.85. The van der Waals surface area contributed by atoms with Crippen LogP contribution in [0.5, 0.6) is 0 Å². The summed E-state index contributed by atoms with van der Waals surface area (Å²) in [6.07, 6.45) is 0. The van der Waals surface area contributed by atoms with Crippen molar-refractivity contribution in [2.45, 2.75) is 6.92 Å². The van der Waals surface area contributed by atoms with Crippen LogP contribution in [0.25, 0.3) is 0 Å². The zero-order valence-electron chi connectivity index (χ0n) is 10.2. The number of benzene rings is 2. The lowest BCUT2D eigenvalue weighted by atomic mass is 10.1. The summed E-state index contributed by atoms with van der Waals surface area (Å²) >= 11 is 3.35. The molecule has 0 saturated carbocycles. The molecule has 0 saturated heterocycles. The van der Waals surface area contributed by atoms with Crippen molar-refractivity contribution in [3.8, 4) is 0 Å². The van der Waals surface area contributed by atoms with Crippen molar-refractivity contribution in [3.63, 3.8) is 0 Å². The molecule has 3 nitrogen and oxygen atoms in total. The third-order valence-corrected chi connectivity index (χ3v) is 3.02. The van der Waals surface area contributed by atoms with Crippen LogP contribution in [0.3, 0.4) is 0 Å². The largest absolute Gasteiger partial charge is 0.398 e. The van der Waals surface area contributed by atoms with E-state index in [1.165, 1.54) is 12.1 Å². The topological polar surface area (TPSA) is 55.1 Å². The highest BCUT2D eigenvalue weighted by Crippen LogP contribution is 2.21. The number of aryl methyl sites for hydroxylation is 1. The van der Waals surface area contributed by atoms with Crippen LogP contribution >= 0.6 is 15.9 Å². The number of amides is 1. The number of nitrogens with one attached hydrogen (secondary N) is 1. The molecule has 0 unspecified atom stereocenters. The van der Waals surface area contributed by atoms with Crippen LogP contribution in [0.15, 0.2) is 40.9 Å². The first-order chi connectivity index (χ1) is 8.95. The first kappa shape index (κ1) is 13.5. The average Bonchev–Trinajstić information content (AvgIpc) is 2.30. The highest BCUT2D eigenvalue weighted by Gasteiger charge is 2.11. The first-order valence-electron chi connectivity index (χ1n) is 5.59. The number of nitrogen functional groups attached to an aromatic ring is 1. The normalized spacial score (nSPS) is 10.3. The van der Waals surface area contributed by atoms with Crippen LogP contribution in [0.1, 0.15) is 15.9 Å². The van der Waals surface area contributed by atoms with E-state index < -0.39 is 11.7 Å². The number of halogens is 2. The van der Waals surface area contributed by atoms with Gasteiger partial charge in [0.2, 0.25) is 0 Å². The lowest BCUT2D eigenvalue weighted by Crippen LogP contribution is -2.14. The molecule has 2 aromatic carbocycles. The van der Waals surface area contributed by atoms with E-state index >= 15 is 0 Å². The Hall–Kier alpha value is -1.88. The van der Waals surface area contributed by atoms with E-state index in [9.17, 15) is 9.18 Å². The Balaban J connectivity index is 2.28. The molecule has 0 aromatic heterocycles. The number of carbonyl (C=O) groups is 1. The van der Waals surface area contributed by atoms with Gasteiger partial charge in [-0.15, -0.1) is 0 Å². The highest BCUT2D eigenvalue weighted by molar-refractivity contribution is 9.10.